The van der Waals surface area contributed by atoms with Crippen molar-refractivity contribution in [2.75, 3.05) is 18.5 Å². The van der Waals surface area contributed by atoms with E-state index in [0.29, 0.717) is 11.1 Å². The second kappa shape index (κ2) is 19.9. The molecule has 3 aromatic rings. The highest BCUT2D eigenvalue weighted by Gasteiger charge is 2.42. The van der Waals surface area contributed by atoms with E-state index in [1.807, 2.05) is 0 Å². The summed E-state index contributed by atoms with van der Waals surface area (Å²) in [6.45, 7) is 11.4. The predicted octanol–water partition coefficient (Wildman–Crippen LogP) is 8.77. The molecule has 12 nitrogen and oxygen atoms in total. The van der Waals surface area contributed by atoms with E-state index >= 15 is 4.39 Å². The normalized spacial score (nSPS) is 18.1. The van der Waals surface area contributed by atoms with Gasteiger partial charge in [-0.05, 0) is 116 Å². The number of ether oxygens (including phenoxy) is 4. The Hall–Kier alpha value is -5.52. The van der Waals surface area contributed by atoms with E-state index in [-0.39, 0.29) is 30.6 Å². The molecule has 0 saturated carbocycles. The standard InChI is InChI=1S/C43H52F6N4O8/c1-24-34(23-58-38(55)50-25(2)43(47,48)49)53(40(57)61-42(6,7)8)22-30(59-24)20-21-31-32(46)10-9-11-33(31)51-37(54)36(52-39(56)60-41(3,4)5)35(26-12-16-28(44)17-13-26)27-14-18-29(45)19-15-27/h9-19,24-25,30,34-36H,20-23H2,1-8H3,(H,50,55)(H,51,54)(H,52,56)/t24-,25?,30+,34+,36?/m0/s1. The molecule has 2 unspecified atom stereocenters. The molecule has 334 valence electrons. The fourth-order valence-electron chi connectivity index (χ4n) is 6.52. The van der Waals surface area contributed by atoms with Gasteiger partial charge in [0.1, 0.15) is 47.3 Å². The summed E-state index contributed by atoms with van der Waals surface area (Å²) in [5.74, 6) is -3.70. The number of anilines is 1. The zero-order chi connectivity index (χ0) is 45.4. The monoisotopic (exact) mass is 866 g/mol. The second-order valence-electron chi connectivity index (χ2n) is 16.7. The molecule has 0 bridgehead atoms. The number of morpholine rings is 1. The van der Waals surface area contributed by atoms with Crippen LogP contribution in [0.2, 0.25) is 0 Å². The highest BCUT2D eigenvalue weighted by molar-refractivity contribution is 5.98. The molecule has 1 heterocycles. The van der Waals surface area contributed by atoms with Gasteiger partial charge in [-0.15, -0.1) is 0 Å². The summed E-state index contributed by atoms with van der Waals surface area (Å²) in [7, 11) is 0. The van der Waals surface area contributed by atoms with Crippen molar-refractivity contribution >= 4 is 29.9 Å². The molecule has 61 heavy (non-hydrogen) atoms. The molecule has 18 heteroatoms. The van der Waals surface area contributed by atoms with Crippen LogP contribution in [-0.4, -0.2) is 90.0 Å². The van der Waals surface area contributed by atoms with Crippen LogP contribution < -0.4 is 16.0 Å². The Kier molecular flexibility index (Phi) is 15.7. The van der Waals surface area contributed by atoms with Gasteiger partial charge >= 0.3 is 24.5 Å². The maximum atomic E-state index is 15.7. The van der Waals surface area contributed by atoms with Crippen LogP contribution in [0.5, 0.6) is 0 Å². The van der Waals surface area contributed by atoms with Gasteiger partial charge < -0.3 is 34.9 Å². The van der Waals surface area contributed by atoms with Crippen molar-refractivity contribution in [2.24, 2.45) is 0 Å². The van der Waals surface area contributed by atoms with Crippen molar-refractivity contribution in [1.82, 2.24) is 15.5 Å². The minimum atomic E-state index is -4.72. The SMILES string of the molecule is CC(NC(=O)OC[C@@H]1[C@H](C)O[C@H](CCc2c(F)cccc2NC(=O)C(NC(=O)OC(C)(C)C)C(c2ccc(F)cc2)c2ccc(F)cc2)CN1C(=O)OC(C)(C)C)C(F)(F)F. The Balaban J connectivity index is 1.60. The molecule has 1 fully saturated rings. The topological polar surface area (TPSA) is 145 Å². The summed E-state index contributed by atoms with van der Waals surface area (Å²) in [6, 6.07) is 9.67. The van der Waals surface area contributed by atoms with Crippen LogP contribution in [0.1, 0.15) is 84.4 Å². The maximum absolute atomic E-state index is 15.7. The quantitative estimate of drug-likeness (QED) is 0.121. The second-order valence-corrected chi connectivity index (χ2v) is 16.7. The number of benzene rings is 3. The van der Waals surface area contributed by atoms with Gasteiger partial charge in [-0.3, -0.25) is 9.69 Å². The van der Waals surface area contributed by atoms with Crippen LogP contribution in [0.15, 0.2) is 66.7 Å². The number of carbonyl (C=O) groups excluding carboxylic acids is 4. The molecule has 0 aromatic heterocycles. The Morgan fingerprint density at radius 1 is 0.803 bits per heavy atom. The van der Waals surface area contributed by atoms with Crippen molar-refractivity contribution < 1.29 is 64.5 Å². The number of nitrogens with zero attached hydrogens (tertiary/aromatic N) is 1. The molecule has 0 spiro atoms. The molecule has 1 aliphatic rings. The van der Waals surface area contributed by atoms with Crippen LogP contribution in [0.3, 0.4) is 0 Å². The summed E-state index contributed by atoms with van der Waals surface area (Å²) >= 11 is 0. The highest BCUT2D eigenvalue weighted by Crippen LogP contribution is 2.32. The number of rotatable bonds is 12. The third kappa shape index (κ3) is 14.3. The largest absolute Gasteiger partial charge is 0.447 e. The Morgan fingerprint density at radius 2 is 1.36 bits per heavy atom. The highest BCUT2D eigenvalue weighted by atomic mass is 19.4. The third-order valence-corrected chi connectivity index (χ3v) is 9.43. The molecule has 5 atom stereocenters. The van der Waals surface area contributed by atoms with E-state index in [2.05, 4.69) is 10.6 Å². The molecular weight excluding hydrogens is 814 g/mol. The summed E-state index contributed by atoms with van der Waals surface area (Å²) in [6.07, 6.45) is -9.49. The number of alkyl carbamates (subject to hydrolysis) is 2. The number of hydrogen-bond donors (Lipinski definition) is 3. The molecular formula is C43H52F6N4O8. The third-order valence-electron chi connectivity index (χ3n) is 9.43. The molecule has 1 saturated heterocycles. The first-order valence-corrected chi connectivity index (χ1v) is 19.5. The molecule has 3 aromatic carbocycles. The Morgan fingerprint density at radius 3 is 1.89 bits per heavy atom. The van der Waals surface area contributed by atoms with Gasteiger partial charge in [0.2, 0.25) is 5.91 Å². The minimum Gasteiger partial charge on any atom is -0.447 e. The molecule has 4 amide bonds. The Bertz CT molecular complexity index is 1940. The van der Waals surface area contributed by atoms with Crippen molar-refractivity contribution in [2.45, 2.75) is 122 Å². The lowest BCUT2D eigenvalue weighted by Gasteiger charge is -2.43. The van der Waals surface area contributed by atoms with Crippen LogP contribution in [0, 0.1) is 17.5 Å². The van der Waals surface area contributed by atoms with Gasteiger partial charge in [0.05, 0.1) is 24.8 Å². The van der Waals surface area contributed by atoms with Crippen LogP contribution in [-0.2, 0) is 30.2 Å². The van der Waals surface area contributed by atoms with Crippen LogP contribution in [0.25, 0.3) is 0 Å². The molecule has 3 N–H and O–H groups in total. The predicted molar refractivity (Wildman–Crippen MR) is 212 cm³/mol. The van der Waals surface area contributed by atoms with Crippen LogP contribution in [0.4, 0.5) is 46.4 Å². The van der Waals surface area contributed by atoms with Gasteiger partial charge in [0, 0.05) is 17.2 Å². The maximum Gasteiger partial charge on any atom is 0.410 e. The molecule has 4 rings (SSSR count). The summed E-state index contributed by atoms with van der Waals surface area (Å²) in [5.41, 5.74) is -1.12. The Labute approximate surface area is 350 Å². The number of halogens is 6. The number of hydrogen-bond acceptors (Lipinski definition) is 8. The average Bonchev–Trinajstić information content (AvgIpc) is 3.13. The van der Waals surface area contributed by atoms with E-state index in [1.165, 1.54) is 71.6 Å². The summed E-state index contributed by atoms with van der Waals surface area (Å²) < 4.78 is 105. The lowest BCUT2D eigenvalue weighted by Crippen LogP contribution is -2.59. The lowest BCUT2D eigenvalue weighted by molar-refractivity contribution is -0.150. The zero-order valence-corrected chi connectivity index (χ0v) is 35.1. The van der Waals surface area contributed by atoms with Crippen LogP contribution >= 0.6 is 0 Å². The van der Waals surface area contributed by atoms with Crippen molar-refractivity contribution in [3.8, 4) is 0 Å². The molecule has 0 radical (unpaired) electrons. The fraction of sp³-hybridized carbons (Fsp3) is 0.488. The van der Waals surface area contributed by atoms with E-state index in [9.17, 15) is 41.1 Å². The zero-order valence-electron chi connectivity index (χ0n) is 35.1. The van der Waals surface area contributed by atoms with Crippen molar-refractivity contribution in [3.63, 3.8) is 0 Å². The van der Waals surface area contributed by atoms with E-state index < -0.39 is 102 Å². The first kappa shape index (κ1) is 48.1. The van der Waals surface area contributed by atoms with E-state index in [0.717, 1.165) is 6.92 Å². The number of carbonyl (C=O) groups is 4. The first-order valence-electron chi connectivity index (χ1n) is 19.5. The number of nitrogens with one attached hydrogen (secondary N) is 3. The summed E-state index contributed by atoms with van der Waals surface area (Å²) in [4.78, 5) is 54.6. The smallest absolute Gasteiger partial charge is 0.410 e. The van der Waals surface area contributed by atoms with Crippen molar-refractivity contribution in [3.05, 3.63) is 101 Å². The van der Waals surface area contributed by atoms with Crippen molar-refractivity contribution in [1.29, 1.82) is 0 Å². The molecule has 1 aliphatic heterocycles. The fourth-order valence-corrected chi connectivity index (χ4v) is 6.52. The van der Waals surface area contributed by atoms with E-state index in [4.69, 9.17) is 18.9 Å². The van der Waals surface area contributed by atoms with Gasteiger partial charge in [0.15, 0.2) is 0 Å². The van der Waals surface area contributed by atoms with Gasteiger partial charge in [-0.1, -0.05) is 30.3 Å². The van der Waals surface area contributed by atoms with Gasteiger partial charge in [-0.2, -0.15) is 13.2 Å². The van der Waals surface area contributed by atoms with E-state index in [1.54, 1.807) is 53.8 Å². The number of amides is 4. The lowest BCUT2D eigenvalue weighted by atomic mass is 9.84. The summed E-state index contributed by atoms with van der Waals surface area (Å²) in [5, 5.41) is 7.02. The first-order chi connectivity index (χ1) is 28.3. The average molecular weight is 867 g/mol. The van der Waals surface area contributed by atoms with Gasteiger partial charge in [0.25, 0.3) is 0 Å². The minimum absolute atomic E-state index is 0.0242. The number of alkyl halides is 3. The molecule has 0 aliphatic carbocycles. The van der Waals surface area contributed by atoms with Gasteiger partial charge in [-0.25, -0.2) is 27.6 Å².